The molecule has 1 rings (SSSR count). The fraction of sp³-hybridized carbons (Fsp3) is 0.636. The Hall–Kier alpha value is -0.900. The van der Waals surface area contributed by atoms with Crippen molar-refractivity contribution in [1.29, 1.82) is 0 Å². The van der Waals surface area contributed by atoms with E-state index >= 15 is 0 Å². The second kappa shape index (κ2) is 5.26. The van der Waals surface area contributed by atoms with Crippen LogP contribution in [0.4, 0.5) is 0 Å². The molecule has 0 saturated carbocycles. The van der Waals surface area contributed by atoms with E-state index in [1.54, 1.807) is 17.5 Å². The first-order valence-electron chi connectivity index (χ1n) is 5.12. The molecule has 0 saturated heterocycles. The van der Waals surface area contributed by atoms with Crippen molar-refractivity contribution in [3.05, 3.63) is 16.6 Å². The van der Waals surface area contributed by atoms with Gasteiger partial charge >= 0.3 is 0 Å². The Labute approximate surface area is 94.9 Å². The highest BCUT2D eigenvalue weighted by Gasteiger charge is 2.12. The van der Waals surface area contributed by atoms with Gasteiger partial charge in [0.1, 0.15) is 5.01 Å². The lowest BCUT2D eigenvalue weighted by atomic mass is 9.90. The molecule has 0 radical (unpaired) electrons. The molecule has 1 aromatic heterocycles. The zero-order chi connectivity index (χ0) is 11.3. The van der Waals surface area contributed by atoms with Crippen molar-refractivity contribution in [2.45, 2.75) is 40.2 Å². The minimum absolute atomic E-state index is 0.111. The quantitative estimate of drug-likeness (QED) is 0.857. The van der Waals surface area contributed by atoms with E-state index in [0.717, 1.165) is 11.4 Å². The SMILES string of the molecule is CC(C)(C)CCC(=O)NCc1nccs1. The Kier molecular flexibility index (Phi) is 4.27. The normalized spacial score (nSPS) is 11.4. The molecule has 1 amide bonds. The summed E-state index contributed by atoms with van der Waals surface area (Å²) >= 11 is 1.56. The van der Waals surface area contributed by atoms with Crippen LogP contribution in [0.15, 0.2) is 11.6 Å². The molecule has 1 aromatic rings. The van der Waals surface area contributed by atoms with Crippen molar-refractivity contribution in [3.63, 3.8) is 0 Å². The van der Waals surface area contributed by atoms with Crippen LogP contribution >= 0.6 is 11.3 Å². The Bertz CT molecular complexity index is 301. The van der Waals surface area contributed by atoms with Gasteiger partial charge in [0.25, 0.3) is 0 Å². The lowest BCUT2D eigenvalue weighted by molar-refractivity contribution is -0.121. The fourth-order valence-electron chi connectivity index (χ4n) is 1.09. The molecule has 0 spiro atoms. The van der Waals surface area contributed by atoms with Crippen LogP contribution in [0.1, 0.15) is 38.6 Å². The predicted molar refractivity (Wildman–Crippen MR) is 62.6 cm³/mol. The molecule has 15 heavy (non-hydrogen) atoms. The van der Waals surface area contributed by atoms with E-state index in [2.05, 4.69) is 31.1 Å². The third-order valence-electron chi connectivity index (χ3n) is 2.02. The lowest BCUT2D eigenvalue weighted by Gasteiger charge is -2.17. The van der Waals surface area contributed by atoms with E-state index < -0.39 is 0 Å². The highest BCUT2D eigenvalue weighted by Crippen LogP contribution is 2.20. The number of amides is 1. The van der Waals surface area contributed by atoms with E-state index in [1.807, 2.05) is 5.38 Å². The molecule has 4 heteroatoms. The van der Waals surface area contributed by atoms with Gasteiger partial charge in [0, 0.05) is 18.0 Å². The minimum atomic E-state index is 0.111. The fourth-order valence-corrected chi connectivity index (χ4v) is 1.65. The minimum Gasteiger partial charge on any atom is -0.350 e. The lowest BCUT2D eigenvalue weighted by Crippen LogP contribution is -2.23. The maximum atomic E-state index is 11.5. The maximum Gasteiger partial charge on any atom is 0.220 e. The van der Waals surface area contributed by atoms with Crippen LogP contribution in [0.2, 0.25) is 0 Å². The van der Waals surface area contributed by atoms with Crippen LogP contribution in [0.5, 0.6) is 0 Å². The molecule has 84 valence electrons. The van der Waals surface area contributed by atoms with Crippen molar-refractivity contribution in [2.75, 3.05) is 0 Å². The number of aromatic nitrogens is 1. The molecule has 0 aliphatic carbocycles. The molecule has 0 atom stereocenters. The van der Waals surface area contributed by atoms with Gasteiger partial charge in [-0.25, -0.2) is 4.98 Å². The highest BCUT2D eigenvalue weighted by molar-refractivity contribution is 7.09. The number of nitrogens with one attached hydrogen (secondary N) is 1. The van der Waals surface area contributed by atoms with Crippen molar-refractivity contribution in [1.82, 2.24) is 10.3 Å². The van der Waals surface area contributed by atoms with Crippen LogP contribution in [-0.2, 0) is 11.3 Å². The zero-order valence-corrected chi connectivity index (χ0v) is 10.4. The molecule has 0 aliphatic rings. The summed E-state index contributed by atoms with van der Waals surface area (Å²) in [5.41, 5.74) is 0.221. The number of hydrogen-bond acceptors (Lipinski definition) is 3. The maximum absolute atomic E-state index is 11.5. The Balaban J connectivity index is 2.20. The molecule has 0 aromatic carbocycles. The van der Waals surface area contributed by atoms with Gasteiger partial charge in [-0.15, -0.1) is 11.3 Å². The standard InChI is InChI=1S/C11H18N2OS/c1-11(2,3)5-4-9(14)13-8-10-12-6-7-15-10/h6-7H,4-5,8H2,1-3H3,(H,13,14). The van der Waals surface area contributed by atoms with E-state index in [0.29, 0.717) is 13.0 Å². The Morgan fingerprint density at radius 1 is 1.53 bits per heavy atom. The number of thiazole rings is 1. The van der Waals surface area contributed by atoms with E-state index in [1.165, 1.54) is 0 Å². The summed E-state index contributed by atoms with van der Waals surface area (Å²) in [5, 5.41) is 5.74. The number of rotatable bonds is 4. The van der Waals surface area contributed by atoms with Gasteiger partial charge in [0.2, 0.25) is 5.91 Å². The number of hydrogen-bond donors (Lipinski definition) is 1. The second-order valence-corrected chi connectivity index (χ2v) is 5.74. The highest BCUT2D eigenvalue weighted by atomic mass is 32.1. The third-order valence-corrected chi connectivity index (χ3v) is 2.80. The molecule has 0 fully saturated rings. The zero-order valence-electron chi connectivity index (χ0n) is 9.54. The van der Waals surface area contributed by atoms with Crippen LogP contribution in [0.3, 0.4) is 0 Å². The van der Waals surface area contributed by atoms with Gasteiger partial charge in [-0.3, -0.25) is 4.79 Å². The first kappa shape index (κ1) is 12.2. The van der Waals surface area contributed by atoms with Crippen molar-refractivity contribution < 1.29 is 4.79 Å². The number of carbonyl (C=O) groups excluding carboxylic acids is 1. The van der Waals surface area contributed by atoms with Crippen molar-refractivity contribution in [3.8, 4) is 0 Å². The molecule has 0 unspecified atom stereocenters. The van der Waals surface area contributed by atoms with Crippen LogP contribution in [0, 0.1) is 5.41 Å². The van der Waals surface area contributed by atoms with Crippen molar-refractivity contribution in [2.24, 2.45) is 5.41 Å². The molecule has 0 aliphatic heterocycles. The first-order valence-corrected chi connectivity index (χ1v) is 6.00. The average Bonchev–Trinajstić information content (AvgIpc) is 2.62. The van der Waals surface area contributed by atoms with Gasteiger partial charge in [0.05, 0.1) is 6.54 Å². The molecule has 1 N–H and O–H groups in total. The number of carbonyl (C=O) groups is 1. The predicted octanol–water partition coefficient (Wildman–Crippen LogP) is 2.59. The molecule has 3 nitrogen and oxygen atoms in total. The van der Waals surface area contributed by atoms with Crippen molar-refractivity contribution >= 4 is 17.2 Å². The summed E-state index contributed by atoms with van der Waals surface area (Å²) in [6.45, 7) is 6.98. The van der Waals surface area contributed by atoms with Gasteiger partial charge in [-0.1, -0.05) is 20.8 Å². The summed E-state index contributed by atoms with van der Waals surface area (Å²) in [5.74, 6) is 0.111. The second-order valence-electron chi connectivity index (χ2n) is 4.76. The van der Waals surface area contributed by atoms with Crippen LogP contribution < -0.4 is 5.32 Å². The van der Waals surface area contributed by atoms with Gasteiger partial charge < -0.3 is 5.32 Å². The van der Waals surface area contributed by atoms with Gasteiger partial charge in [-0.05, 0) is 11.8 Å². The Morgan fingerprint density at radius 3 is 2.80 bits per heavy atom. The third kappa shape index (κ3) is 5.52. The monoisotopic (exact) mass is 226 g/mol. The average molecular weight is 226 g/mol. The molecular weight excluding hydrogens is 208 g/mol. The topological polar surface area (TPSA) is 42.0 Å². The summed E-state index contributed by atoms with van der Waals surface area (Å²) in [7, 11) is 0. The summed E-state index contributed by atoms with van der Waals surface area (Å²) in [6, 6.07) is 0. The molecule has 1 heterocycles. The Morgan fingerprint density at radius 2 is 2.27 bits per heavy atom. The number of nitrogens with zero attached hydrogens (tertiary/aromatic N) is 1. The van der Waals surface area contributed by atoms with E-state index in [-0.39, 0.29) is 11.3 Å². The largest absolute Gasteiger partial charge is 0.350 e. The van der Waals surface area contributed by atoms with Crippen LogP contribution in [0.25, 0.3) is 0 Å². The van der Waals surface area contributed by atoms with Gasteiger partial charge in [0.15, 0.2) is 0 Å². The first-order chi connectivity index (χ1) is 6.97. The van der Waals surface area contributed by atoms with E-state index in [4.69, 9.17) is 0 Å². The van der Waals surface area contributed by atoms with E-state index in [9.17, 15) is 4.79 Å². The smallest absolute Gasteiger partial charge is 0.220 e. The summed E-state index contributed by atoms with van der Waals surface area (Å²) in [4.78, 5) is 15.6. The van der Waals surface area contributed by atoms with Crippen LogP contribution in [-0.4, -0.2) is 10.9 Å². The summed E-state index contributed by atoms with van der Waals surface area (Å²) in [6.07, 6.45) is 3.26. The molecular formula is C11H18N2OS. The molecule has 0 bridgehead atoms. The van der Waals surface area contributed by atoms with Gasteiger partial charge in [-0.2, -0.15) is 0 Å². The summed E-state index contributed by atoms with van der Waals surface area (Å²) < 4.78 is 0.